The maximum Gasteiger partial charge on any atom is 0.417 e. The fourth-order valence-corrected chi connectivity index (χ4v) is 1.99. The Kier molecular flexibility index (Phi) is 3.03. The van der Waals surface area contributed by atoms with Crippen molar-refractivity contribution in [3.05, 3.63) is 34.3 Å². The molecule has 1 unspecified atom stereocenters. The van der Waals surface area contributed by atoms with Crippen molar-refractivity contribution in [3.63, 3.8) is 0 Å². The Bertz CT molecular complexity index is 544. The lowest BCUT2D eigenvalue weighted by molar-refractivity contribution is 0.407. The standard InChI is InChI=1S/C11H13ClN2O2/c1-14(2)6-8(12)7-3-4-9-10(5-7)16-11(15)13-9/h3-5,8H,6H2,1-2H3,(H,13,15). The van der Waals surface area contributed by atoms with Gasteiger partial charge in [0, 0.05) is 6.54 Å². The lowest BCUT2D eigenvalue weighted by Gasteiger charge is -2.15. The zero-order valence-corrected chi connectivity index (χ0v) is 9.91. The molecule has 86 valence electrons. The second-order valence-corrected chi connectivity index (χ2v) is 4.53. The lowest BCUT2D eigenvalue weighted by atomic mass is 10.1. The van der Waals surface area contributed by atoms with Gasteiger partial charge in [-0.15, -0.1) is 11.6 Å². The first kappa shape index (κ1) is 11.2. The molecule has 2 rings (SSSR count). The maximum atomic E-state index is 11.0. The first-order valence-corrected chi connectivity index (χ1v) is 5.41. The summed E-state index contributed by atoms with van der Waals surface area (Å²) in [6.07, 6.45) is 0. The van der Waals surface area contributed by atoms with Crippen LogP contribution in [-0.4, -0.2) is 30.5 Å². The summed E-state index contributed by atoms with van der Waals surface area (Å²) in [4.78, 5) is 15.6. The van der Waals surface area contributed by atoms with Crippen molar-refractivity contribution in [1.29, 1.82) is 0 Å². The van der Waals surface area contributed by atoms with Crippen molar-refractivity contribution in [2.75, 3.05) is 20.6 Å². The molecule has 0 spiro atoms. The van der Waals surface area contributed by atoms with Gasteiger partial charge in [-0.2, -0.15) is 0 Å². The molecule has 4 nitrogen and oxygen atoms in total. The minimum absolute atomic E-state index is 0.111. The van der Waals surface area contributed by atoms with Gasteiger partial charge in [0.25, 0.3) is 0 Å². The van der Waals surface area contributed by atoms with E-state index < -0.39 is 5.76 Å². The topological polar surface area (TPSA) is 49.2 Å². The van der Waals surface area contributed by atoms with E-state index in [1.807, 2.05) is 25.1 Å². The maximum absolute atomic E-state index is 11.0. The molecule has 0 amide bonds. The summed E-state index contributed by atoms with van der Waals surface area (Å²) in [5.41, 5.74) is 2.19. The molecular formula is C11H13ClN2O2. The Morgan fingerprint density at radius 1 is 1.50 bits per heavy atom. The van der Waals surface area contributed by atoms with Gasteiger partial charge in [0.05, 0.1) is 10.9 Å². The molecule has 0 aliphatic rings. The molecule has 0 bridgehead atoms. The van der Waals surface area contributed by atoms with Crippen LogP contribution in [0.5, 0.6) is 0 Å². The zero-order chi connectivity index (χ0) is 11.7. The Morgan fingerprint density at radius 2 is 2.25 bits per heavy atom. The second-order valence-electron chi connectivity index (χ2n) is 4.00. The number of fused-ring (bicyclic) bond motifs is 1. The van der Waals surface area contributed by atoms with Crippen LogP contribution in [0.1, 0.15) is 10.9 Å². The van der Waals surface area contributed by atoms with Crippen LogP contribution in [0.25, 0.3) is 11.1 Å². The second kappa shape index (κ2) is 4.31. The highest BCUT2D eigenvalue weighted by atomic mass is 35.5. The summed E-state index contributed by atoms with van der Waals surface area (Å²) in [6, 6.07) is 5.50. The number of hydrogen-bond acceptors (Lipinski definition) is 3. The number of aromatic nitrogens is 1. The molecule has 2 aromatic rings. The van der Waals surface area contributed by atoms with Gasteiger partial charge in [-0.3, -0.25) is 4.98 Å². The molecular weight excluding hydrogens is 228 g/mol. The van der Waals surface area contributed by atoms with Crippen LogP contribution in [0.4, 0.5) is 0 Å². The highest BCUT2D eigenvalue weighted by Gasteiger charge is 2.11. The quantitative estimate of drug-likeness (QED) is 0.835. The average molecular weight is 241 g/mol. The van der Waals surface area contributed by atoms with Crippen LogP contribution < -0.4 is 5.76 Å². The summed E-state index contributed by atoms with van der Waals surface area (Å²) in [5.74, 6) is -0.439. The molecule has 0 fully saturated rings. The van der Waals surface area contributed by atoms with Gasteiger partial charge in [-0.25, -0.2) is 4.79 Å². The van der Waals surface area contributed by atoms with Crippen LogP contribution in [0.3, 0.4) is 0 Å². The van der Waals surface area contributed by atoms with Crippen molar-refractivity contribution < 1.29 is 4.42 Å². The molecule has 0 saturated carbocycles. The predicted octanol–water partition coefficient (Wildman–Crippen LogP) is 1.96. The molecule has 0 aliphatic heterocycles. The minimum atomic E-state index is -0.439. The minimum Gasteiger partial charge on any atom is -0.408 e. The third-order valence-electron chi connectivity index (χ3n) is 2.33. The Hall–Kier alpha value is -1.26. The highest BCUT2D eigenvalue weighted by Crippen LogP contribution is 2.23. The van der Waals surface area contributed by atoms with Gasteiger partial charge in [0.15, 0.2) is 5.58 Å². The highest BCUT2D eigenvalue weighted by molar-refractivity contribution is 6.21. The van der Waals surface area contributed by atoms with E-state index in [0.717, 1.165) is 12.1 Å². The number of rotatable bonds is 3. The number of aromatic amines is 1. The van der Waals surface area contributed by atoms with Crippen molar-refractivity contribution in [3.8, 4) is 0 Å². The molecule has 1 aromatic carbocycles. The summed E-state index contributed by atoms with van der Waals surface area (Å²) in [6.45, 7) is 0.738. The number of nitrogens with zero attached hydrogens (tertiary/aromatic N) is 1. The van der Waals surface area contributed by atoms with E-state index in [2.05, 4.69) is 4.98 Å². The summed E-state index contributed by atoms with van der Waals surface area (Å²) >= 11 is 6.24. The van der Waals surface area contributed by atoms with Crippen LogP contribution in [0, 0.1) is 0 Å². The lowest BCUT2D eigenvalue weighted by Crippen LogP contribution is -2.17. The largest absolute Gasteiger partial charge is 0.417 e. The third-order valence-corrected chi connectivity index (χ3v) is 2.72. The summed E-state index contributed by atoms with van der Waals surface area (Å²) < 4.78 is 4.98. The van der Waals surface area contributed by atoms with Gasteiger partial charge in [0.1, 0.15) is 0 Å². The van der Waals surface area contributed by atoms with Crippen LogP contribution in [-0.2, 0) is 0 Å². The number of alkyl halides is 1. The Labute approximate surface area is 97.8 Å². The van der Waals surface area contributed by atoms with E-state index >= 15 is 0 Å². The molecule has 0 radical (unpaired) electrons. The molecule has 1 atom stereocenters. The number of benzene rings is 1. The summed E-state index contributed by atoms with van der Waals surface area (Å²) in [5, 5.41) is -0.111. The fourth-order valence-electron chi connectivity index (χ4n) is 1.58. The number of H-pyrrole nitrogens is 1. The van der Waals surface area contributed by atoms with Crippen molar-refractivity contribution in [1.82, 2.24) is 9.88 Å². The van der Waals surface area contributed by atoms with Gasteiger partial charge < -0.3 is 9.32 Å². The number of oxazole rings is 1. The number of hydrogen-bond donors (Lipinski definition) is 1. The van der Waals surface area contributed by atoms with E-state index in [4.69, 9.17) is 16.0 Å². The number of halogens is 1. The van der Waals surface area contributed by atoms with Gasteiger partial charge >= 0.3 is 5.76 Å². The predicted molar refractivity (Wildman–Crippen MR) is 64.0 cm³/mol. The Balaban J connectivity index is 2.34. The zero-order valence-electron chi connectivity index (χ0n) is 9.16. The van der Waals surface area contributed by atoms with Crippen LogP contribution >= 0.6 is 11.6 Å². The van der Waals surface area contributed by atoms with Gasteiger partial charge in [-0.1, -0.05) is 6.07 Å². The molecule has 0 aliphatic carbocycles. The van der Waals surface area contributed by atoms with Crippen LogP contribution in [0.15, 0.2) is 27.4 Å². The third kappa shape index (κ3) is 2.28. The van der Waals surface area contributed by atoms with Crippen molar-refractivity contribution in [2.45, 2.75) is 5.38 Å². The SMILES string of the molecule is CN(C)CC(Cl)c1ccc2[nH]c(=O)oc2c1. The first-order chi connectivity index (χ1) is 7.56. The first-order valence-electron chi connectivity index (χ1n) is 4.98. The molecule has 1 N–H and O–H groups in total. The molecule has 5 heteroatoms. The van der Waals surface area contributed by atoms with Gasteiger partial charge in [0.2, 0.25) is 0 Å². The van der Waals surface area contributed by atoms with Crippen LogP contribution in [0.2, 0.25) is 0 Å². The van der Waals surface area contributed by atoms with Crippen molar-refractivity contribution >= 4 is 22.7 Å². The van der Waals surface area contributed by atoms with E-state index in [1.54, 1.807) is 12.1 Å². The monoisotopic (exact) mass is 240 g/mol. The number of likely N-dealkylation sites (N-methyl/N-ethyl adjacent to an activating group) is 1. The molecule has 1 heterocycles. The fraction of sp³-hybridized carbons (Fsp3) is 0.364. The number of nitrogens with one attached hydrogen (secondary N) is 1. The smallest absolute Gasteiger partial charge is 0.408 e. The van der Waals surface area contributed by atoms with E-state index in [1.165, 1.54) is 0 Å². The van der Waals surface area contributed by atoms with E-state index in [-0.39, 0.29) is 5.38 Å². The average Bonchev–Trinajstić information content (AvgIpc) is 2.55. The van der Waals surface area contributed by atoms with Gasteiger partial charge in [-0.05, 0) is 31.8 Å². The Morgan fingerprint density at radius 3 is 2.94 bits per heavy atom. The van der Waals surface area contributed by atoms with E-state index in [9.17, 15) is 4.79 Å². The summed E-state index contributed by atoms with van der Waals surface area (Å²) in [7, 11) is 3.93. The van der Waals surface area contributed by atoms with E-state index in [0.29, 0.717) is 11.1 Å². The molecule has 16 heavy (non-hydrogen) atoms. The van der Waals surface area contributed by atoms with Crippen molar-refractivity contribution in [2.24, 2.45) is 0 Å². The normalized spacial score (nSPS) is 13.5. The molecule has 0 saturated heterocycles. The molecule has 1 aromatic heterocycles.